The molecule has 34 heavy (non-hydrogen) atoms. The SMILES string of the molecule is Cc1csc2nc(Nc3cnn(C4CC5(COC5)C4)c3)nc(Nc3cccc(C(C)(C)O)n3)c12. The van der Waals surface area contributed by atoms with Crippen molar-refractivity contribution in [1.82, 2.24) is 24.7 Å². The Labute approximate surface area is 201 Å². The summed E-state index contributed by atoms with van der Waals surface area (Å²) in [7, 11) is 0. The van der Waals surface area contributed by atoms with Gasteiger partial charge in [-0.05, 0) is 56.7 Å². The summed E-state index contributed by atoms with van der Waals surface area (Å²) < 4.78 is 7.41. The zero-order chi connectivity index (χ0) is 23.5. The summed E-state index contributed by atoms with van der Waals surface area (Å²) >= 11 is 1.58. The summed E-state index contributed by atoms with van der Waals surface area (Å²) in [6.45, 7) is 7.25. The molecule has 1 spiro atoms. The van der Waals surface area contributed by atoms with Gasteiger partial charge in [-0.15, -0.1) is 11.3 Å². The second-order valence-corrected chi connectivity index (χ2v) is 10.8. The van der Waals surface area contributed by atoms with Gasteiger partial charge in [0.2, 0.25) is 5.95 Å². The van der Waals surface area contributed by atoms with Gasteiger partial charge < -0.3 is 20.5 Å². The molecule has 176 valence electrons. The van der Waals surface area contributed by atoms with Crippen LogP contribution in [-0.2, 0) is 10.3 Å². The topological polar surface area (TPSA) is 110 Å². The highest BCUT2D eigenvalue weighted by atomic mass is 32.1. The summed E-state index contributed by atoms with van der Waals surface area (Å²) in [6, 6.07) is 5.97. The van der Waals surface area contributed by atoms with Gasteiger partial charge in [-0.3, -0.25) is 4.68 Å². The van der Waals surface area contributed by atoms with Crippen LogP contribution in [0.4, 0.5) is 23.3 Å². The van der Waals surface area contributed by atoms with E-state index in [-0.39, 0.29) is 0 Å². The van der Waals surface area contributed by atoms with Gasteiger partial charge in [0.05, 0.1) is 42.2 Å². The Morgan fingerprint density at radius 1 is 1.18 bits per heavy atom. The summed E-state index contributed by atoms with van der Waals surface area (Å²) in [5, 5.41) is 24.6. The Kier molecular flexibility index (Phi) is 4.87. The maximum absolute atomic E-state index is 10.3. The lowest BCUT2D eigenvalue weighted by molar-refractivity contribution is -0.175. The van der Waals surface area contributed by atoms with Crippen LogP contribution in [0, 0.1) is 12.3 Å². The average molecular weight is 478 g/mol. The van der Waals surface area contributed by atoms with E-state index >= 15 is 0 Å². The molecule has 0 amide bonds. The van der Waals surface area contributed by atoms with Crippen molar-refractivity contribution in [2.24, 2.45) is 5.41 Å². The summed E-state index contributed by atoms with van der Waals surface area (Å²) in [6.07, 6.45) is 6.08. The third-order valence-corrected chi connectivity index (χ3v) is 7.62. The fourth-order valence-corrected chi connectivity index (χ4v) is 5.60. The second kappa shape index (κ2) is 7.72. The quantitative estimate of drug-likeness (QED) is 0.368. The van der Waals surface area contributed by atoms with Gasteiger partial charge in [-0.25, -0.2) is 9.97 Å². The third kappa shape index (κ3) is 3.81. The van der Waals surface area contributed by atoms with Crippen LogP contribution >= 0.6 is 11.3 Å². The first-order chi connectivity index (χ1) is 16.3. The minimum atomic E-state index is -1.03. The molecule has 0 radical (unpaired) electrons. The number of pyridine rings is 1. The van der Waals surface area contributed by atoms with Gasteiger partial charge in [0, 0.05) is 11.6 Å². The Bertz CT molecular complexity index is 1360. The van der Waals surface area contributed by atoms with Gasteiger partial charge in [0.1, 0.15) is 22.1 Å². The number of fused-ring (bicyclic) bond motifs is 1. The molecule has 1 aliphatic heterocycles. The summed E-state index contributed by atoms with van der Waals surface area (Å²) in [5.41, 5.74) is 1.90. The van der Waals surface area contributed by atoms with Crippen LogP contribution in [-0.4, -0.2) is 43.1 Å². The van der Waals surface area contributed by atoms with Gasteiger partial charge in [0.15, 0.2) is 0 Å². The van der Waals surface area contributed by atoms with Crippen molar-refractivity contribution < 1.29 is 9.84 Å². The number of thiophene rings is 1. The van der Waals surface area contributed by atoms with Crippen molar-refractivity contribution in [1.29, 1.82) is 0 Å². The van der Waals surface area contributed by atoms with Crippen LogP contribution in [0.2, 0.25) is 0 Å². The number of aryl methyl sites for hydroxylation is 1. The monoisotopic (exact) mass is 477 g/mol. The first kappa shape index (κ1) is 21.5. The molecule has 0 atom stereocenters. The van der Waals surface area contributed by atoms with E-state index in [2.05, 4.69) is 26.1 Å². The molecule has 4 aromatic heterocycles. The molecule has 6 rings (SSSR count). The van der Waals surface area contributed by atoms with E-state index in [4.69, 9.17) is 14.7 Å². The molecule has 4 aromatic rings. The first-order valence-corrected chi connectivity index (χ1v) is 12.3. The van der Waals surface area contributed by atoms with E-state index in [9.17, 15) is 5.11 Å². The largest absolute Gasteiger partial charge is 0.384 e. The number of aromatic nitrogens is 5. The molecule has 0 unspecified atom stereocenters. The normalized spacial score (nSPS) is 17.5. The first-order valence-electron chi connectivity index (χ1n) is 11.4. The summed E-state index contributed by atoms with van der Waals surface area (Å²) in [4.78, 5) is 15.0. The van der Waals surface area contributed by atoms with Crippen LogP contribution in [0.3, 0.4) is 0 Å². The fraction of sp³-hybridized carbons (Fsp3) is 0.417. The highest BCUT2D eigenvalue weighted by Gasteiger charge is 2.50. The third-order valence-electron chi connectivity index (χ3n) is 6.63. The fourth-order valence-electron chi connectivity index (χ4n) is 4.68. The standard InChI is InChI=1S/C24H27N7O2S/c1-14-11-34-21-19(14)20(28-18-6-4-5-17(27-18)23(2,3)32)29-22(30-21)26-15-9-25-31(10-15)16-7-24(8-16)12-33-13-24/h4-6,9-11,16,32H,7-8,12-13H2,1-3H3,(H2,26,27,28,29,30). The van der Waals surface area contributed by atoms with E-state index in [1.54, 1.807) is 25.2 Å². The lowest BCUT2D eigenvalue weighted by atomic mass is 9.64. The lowest BCUT2D eigenvalue weighted by Gasteiger charge is -2.53. The number of hydrogen-bond donors (Lipinski definition) is 3. The van der Waals surface area contributed by atoms with Gasteiger partial charge in [-0.2, -0.15) is 10.1 Å². The zero-order valence-corrected chi connectivity index (χ0v) is 20.2. The number of ether oxygens (including phenoxy) is 1. The van der Waals surface area contributed by atoms with Crippen LogP contribution in [0.5, 0.6) is 0 Å². The predicted octanol–water partition coefficient (Wildman–Crippen LogP) is 4.66. The Morgan fingerprint density at radius 2 is 2.00 bits per heavy atom. The smallest absolute Gasteiger partial charge is 0.230 e. The van der Waals surface area contributed by atoms with Crippen LogP contribution in [0.25, 0.3) is 10.2 Å². The number of nitrogens with zero attached hydrogens (tertiary/aromatic N) is 5. The van der Waals surface area contributed by atoms with Crippen molar-refractivity contribution in [2.45, 2.75) is 45.3 Å². The van der Waals surface area contributed by atoms with E-state index in [1.165, 1.54) is 0 Å². The van der Waals surface area contributed by atoms with Gasteiger partial charge in [0.25, 0.3) is 0 Å². The highest BCUT2D eigenvalue weighted by molar-refractivity contribution is 7.17. The predicted molar refractivity (Wildman–Crippen MR) is 132 cm³/mol. The molecule has 2 fully saturated rings. The summed E-state index contributed by atoms with van der Waals surface area (Å²) in [5.74, 6) is 1.78. The van der Waals surface area contributed by atoms with Crippen molar-refractivity contribution in [2.75, 3.05) is 23.8 Å². The number of aliphatic hydroxyl groups is 1. The zero-order valence-electron chi connectivity index (χ0n) is 19.4. The molecule has 10 heteroatoms. The van der Waals surface area contributed by atoms with Crippen molar-refractivity contribution in [3.63, 3.8) is 0 Å². The maximum atomic E-state index is 10.3. The minimum absolute atomic E-state index is 0.395. The number of nitrogens with one attached hydrogen (secondary N) is 2. The molecule has 1 aliphatic carbocycles. The maximum Gasteiger partial charge on any atom is 0.230 e. The molecule has 1 saturated heterocycles. The van der Waals surface area contributed by atoms with Crippen LogP contribution < -0.4 is 10.6 Å². The second-order valence-electron chi connectivity index (χ2n) is 9.98. The Hall–Kier alpha value is -3.08. The minimum Gasteiger partial charge on any atom is -0.384 e. The highest BCUT2D eigenvalue weighted by Crippen LogP contribution is 2.52. The van der Waals surface area contributed by atoms with E-state index in [0.717, 1.165) is 47.5 Å². The van der Waals surface area contributed by atoms with Crippen molar-refractivity contribution in [3.05, 3.63) is 47.2 Å². The molecular weight excluding hydrogens is 450 g/mol. The van der Waals surface area contributed by atoms with Gasteiger partial charge >= 0.3 is 0 Å². The number of rotatable bonds is 6. The molecule has 0 aromatic carbocycles. The molecule has 9 nitrogen and oxygen atoms in total. The van der Waals surface area contributed by atoms with Crippen molar-refractivity contribution >= 4 is 44.8 Å². The van der Waals surface area contributed by atoms with Crippen molar-refractivity contribution in [3.8, 4) is 0 Å². The van der Waals surface area contributed by atoms with E-state index < -0.39 is 5.60 Å². The number of hydrogen-bond acceptors (Lipinski definition) is 9. The van der Waals surface area contributed by atoms with E-state index in [0.29, 0.717) is 34.7 Å². The van der Waals surface area contributed by atoms with E-state index in [1.807, 2.05) is 42.2 Å². The Morgan fingerprint density at radius 3 is 2.74 bits per heavy atom. The van der Waals surface area contributed by atoms with Crippen LogP contribution in [0.1, 0.15) is 44.0 Å². The van der Waals surface area contributed by atoms with Gasteiger partial charge in [-0.1, -0.05) is 6.07 Å². The molecule has 0 bridgehead atoms. The Balaban J connectivity index is 1.26. The molecule has 2 aliphatic rings. The van der Waals surface area contributed by atoms with Crippen LogP contribution in [0.15, 0.2) is 36.0 Å². The molecule has 3 N–H and O–H groups in total. The molecular formula is C24H27N7O2S. The lowest BCUT2D eigenvalue weighted by Crippen LogP contribution is -2.52. The molecule has 5 heterocycles. The average Bonchev–Trinajstić information content (AvgIpc) is 3.32. The molecule has 1 saturated carbocycles. The number of anilines is 4.